The molecule has 0 atom stereocenters. The standard InChI is InChI=1S/C25H22N4O5/c1-3-29-24(32)20-13-6-16(14-21(20)28-25(29)33)23(31)27-17-7-4-15(5-8-17)22(30)26-18-9-11-19(34-2)12-10-18/h4-14H,3H2,1-2H3,(H,26,30)(H,27,31)(H,28,33). The molecule has 9 heteroatoms. The molecule has 0 fully saturated rings. The predicted octanol–water partition coefficient (Wildman–Crippen LogP) is 3.22. The van der Waals surface area contributed by atoms with E-state index in [1.165, 1.54) is 18.2 Å². The zero-order valence-electron chi connectivity index (χ0n) is 18.5. The van der Waals surface area contributed by atoms with Gasteiger partial charge in [0, 0.05) is 29.0 Å². The summed E-state index contributed by atoms with van der Waals surface area (Å²) in [5.74, 6) is -0.0222. The minimum absolute atomic E-state index is 0.250. The molecule has 172 valence electrons. The van der Waals surface area contributed by atoms with Crippen molar-refractivity contribution in [2.24, 2.45) is 0 Å². The summed E-state index contributed by atoms with van der Waals surface area (Å²) >= 11 is 0. The van der Waals surface area contributed by atoms with Gasteiger partial charge in [0.05, 0.1) is 18.0 Å². The SMILES string of the molecule is CCn1c(=O)[nH]c2cc(C(=O)Nc3ccc(C(=O)Nc4ccc(OC)cc4)cc3)ccc2c1=O. The maximum Gasteiger partial charge on any atom is 0.328 e. The number of H-pyrrole nitrogens is 1. The number of rotatable bonds is 6. The maximum atomic E-state index is 12.7. The number of hydrogen-bond acceptors (Lipinski definition) is 5. The number of nitrogens with one attached hydrogen (secondary N) is 3. The Bertz CT molecular complexity index is 1490. The summed E-state index contributed by atoms with van der Waals surface area (Å²) in [7, 11) is 1.57. The molecule has 0 aliphatic heterocycles. The van der Waals surface area contributed by atoms with Crippen LogP contribution in [0.15, 0.2) is 76.3 Å². The number of carbonyl (C=O) groups excluding carboxylic acids is 2. The summed E-state index contributed by atoms with van der Waals surface area (Å²) in [6.45, 7) is 1.96. The summed E-state index contributed by atoms with van der Waals surface area (Å²) in [6.07, 6.45) is 0. The summed E-state index contributed by atoms with van der Waals surface area (Å²) in [5, 5.41) is 5.86. The van der Waals surface area contributed by atoms with E-state index in [2.05, 4.69) is 15.6 Å². The molecular weight excluding hydrogens is 436 g/mol. The first-order valence-electron chi connectivity index (χ1n) is 10.5. The van der Waals surface area contributed by atoms with Crippen LogP contribution < -0.4 is 26.6 Å². The number of aromatic nitrogens is 2. The first-order chi connectivity index (χ1) is 16.4. The second-order valence-electron chi connectivity index (χ2n) is 7.45. The lowest BCUT2D eigenvalue weighted by Crippen LogP contribution is -2.34. The largest absolute Gasteiger partial charge is 0.497 e. The molecule has 1 heterocycles. The number of fused-ring (bicyclic) bond motifs is 1. The summed E-state index contributed by atoms with van der Waals surface area (Å²) in [6, 6.07) is 17.9. The normalized spacial score (nSPS) is 10.6. The van der Waals surface area contributed by atoms with Crippen LogP contribution in [-0.2, 0) is 6.54 Å². The van der Waals surface area contributed by atoms with Gasteiger partial charge >= 0.3 is 5.69 Å². The van der Waals surface area contributed by atoms with Gasteiger partial charge < -0.3 is 20.4 Å². The average Bonchev–Trinajstić information content (AvgIpc) is 2.84. The van der Waals surface area contributed by atoms with Gasteiger partial charge in [0.1, 0.15) is 5.75 Å². The molecule has 0 aliphatic carbocycles. The van der Waals surface area contributed by atoms with Gasteiger partial charge in [0.25, 0.3) is 17.4 Å². The highest BCUT2D eigenvalue weighted by molar-refractivity contribution is 6.07. The molecule has 0 saturated carbocycles. The number of ether oxygens (including phenoxy) is 1. The van der Waals surface area contributed by atoms with Gasteiger partial charge in [-0.05, 0) is 73.7 Å². The molecule has 3 aromatic carbocycles. The van der Waals surface area contributed by atoms with Gasteiger partial charge in [-0.25, -0.2) is 4.79 Å². The van der Waals surface area contributed by atoms with Crippen LogP contribution in [0.4, 0.5) is 11.4 Å². The highest BCUT2D eigenvalue weighted by Gasteiger charge is 2.12. The number of carbonyl (C=O) groups is 2. The van der Waals surface area contributed by atoms with E-state index < -0.39 is 17.2 Å². The highest BCUT2D eigenvalue weighted by atomic mass is 16.5. The van der Waals surface area contributed by atoms with E-state index in [1.54, 1.807) is 62.6 Å². The van der Waals surface area contributed by atoms with E-state index in [0.717, 1.165) is 4.57 Å². The molecule has 0 bridgehead atoms. The number of amides is 2. The molecule has 4 aromatic rings. The number of methoxy groups -OCH3 is 1. The van der Waals surface area contributed by atoms with E-state index in [-0.39, 0.29) is 23.5 Å². The fourth-order valence-electron chi connectivity index (χ4n) is 3.47. The van der Waals surface area contributed by atoms with E-state index in [4.69, 9.17) is 4.74 Å². The summed E-state index contributed by atoms with van der Waals surface area (Å²) in [5.41, 5.74) is 1.17. The Morgan fingerprint density at radius 1 is 0.853 bits per heavy atom. The van der Waals surface area contributed by atoms with Crippen LogP contribution in [0.2, 0.25) is 0 Å². The van der Waals surface area contributed by atoms with Gasteiger partial charge in [0.2, 0.25) is 0 Å². The van der Waals surface area contributed by atoms with Crippen LogP contribution in [-0.4, -0.2) is 28.5 Å². The van der Waals surface area contributed by atoms with Crippen molar-refractivity contribution >= 4 is 34.1 Å². The van der Waals surface area contributed by atoms with E-state index in [1.807, 2.05) is 0 Å². The molecule has 0 saturated heterocycles. The molecule has 0 aliphatic rings. The zero-order valence-corrected chi connectivity index (χ0v) is 18.5. The van der Waals surface area contributed by atoms with Crippen LogP contribution in [0.1, 0.15) is 27.6 Å². The predicted molar refractivity (Wildman–Crippen MR) is 130 cm³/mol. The zero-order chi connectivity index (χ0) is 24.2. The van der Waals surface area contributed by atoms with E-state index in [0.29, 0.717) is 28.1 Å². The second kappa shape index (κ2) is 9.45. The van der Waals surface area contributed by atoms with Crippen molar-refractivity contribution < 1.29 is 14.3 Å². The van der Waals surface area contributed by atoms with Crippen LogP contribution in [0.25, 0.3) is 10.9 Å². The highest BCUT2D eigenvalue weighted by Crippen LogP contribution is 2.17. The Balaban J connectivity index is 1.47. The Morgan fingerprint density at radius 2 is 1.41 bits per heavy atom. The summed E-state index contributed by atoms with van der Waals surface area (Å²) < 4.78 is 6.19. The molecule has 3 N–H and O–H groups in total. The van der Waals surface area contributed by atoms with Crippen molar-refractivity contribution in [3.05, 3.63) is 98.7 Å². The van der Waals surface area contributed by atoms with Crippen molar-refractivity contribution in [2.45, 2.75) is 13.5 Å². The van der Waals surface area contributed by atoms with E-state index >= 15 is 0 Å². The molecule has 34 heavy (non-hydrogen) atoms. The fraction of sp³-hybridized carbons (Fsp3) is 0.120. The van der Waals surface area contributed by atoms with Crippen LogP contribution in [0, 0.1) is 0 Å². The average molecular weight is 458 g/mol. The lowest BCUT2D eigenvalue weighted by Gasteiger charge is -2.09. The smallest absolute Gasteiger partial charge is 0.328 e. The Labute approximate surface area is 194 Å². The van der Waals surface area contributed by atoms with Crippen LogP contribution >= 0.6 is 0 Å². The minimum Gasteiger partial charge on any atom is -0.497 e. The minimum atomic E-state index is -0.527. The first-order valence-corrected chi connectivity index (χ1v) is 10.5. The number of hydrogen-bond donors (Lipinski definition) is 3. The molecule has 0 spiro atoms. The first kappa shape index (κ1) is 22.5. The molecule has 2 amide bonds. The molecule has 9 nitrogen and oxygen atoms in total. The van der Waals surface area contributed by atoms with Crippen LogP contribution in [0.5, 0.6) is 5.75 Å². The third kappa shape index (κ3) is 4.58. The Hall–Kier alpha value is -4.66. The molecule has 0 unspecified atom stereocenters. The number of benzene rings is 3. The van der Waals surface area contributed by atoms with Gasteiger partial charge in [-0.3, -0.25) is 19.0 Å². The van der Waals surface area contributed by atoms with Crippen molar-refractivity contribution in [3.8, 4) is 5.75 Å². The number of anilines is 2. The topological polar surface area (TPSA) is 122 Å². The lowest BCUT2D eigenvalue weighted by molar-refractivity contribution is 0.102. The quantitative estimate of drug-likeness (QED) is 0.410. The molecule has 4 rings (SSSR count). The molecule has 0 radical (unpaired) electrons. The van der Waals surface area contributed by atoms with Gasteiger partial charge in [-0.2, -0.15) is 0 Å². The van der Waals surface area contributed by atoms with Crippen molar-refractivity contribution in [1.29, 1.82) is 0 Å². The number of aromatic amines is 1. The second-order valence-corrected chi connectivity index (χ2v) is 7.45. The lowest BCUT2D eigenvalue weighted by atomic mass is 10.1. The number of nitrogens with zero attached hydrogens (tertiary/aromatic N) is 1. The fourth-order valence-corrected chi connectivity index (χ4v) is 3.47. The monoisotopic (exact) mass is 458 g/mol. The van der Waals surface area contributed by atoms with Crippen LogP contribution in [0.3, 0.4) is 0 Å². The molecular formula is C25H22N4O5. The van der Waals surface area contributed by atoms with Crippen molar-refractivity contribution in [1.82, 2.24) is 9.55 Å². The Kier molecular flexibility index (Phi) is 6.26. The molecule has 1 aromatic heterocycles. The Morgan fingerprint density at radius 3 is 2.00 bits per heavy atom. The maximum absolute atomic E-state index is 12.7. The van der Waals surface area contributed by atoms with Crippen molar-refractivity contribution in [2.75, 3.05) is 17.7 Å². The van der Waals surface area contributed by atoms with Crippen molar-refractivity contribution in [3.63, 3.8) is 0 Å². The third-order valence-corrected chi connectivity index (χ3v) is 5.31. The van der Waals surface area contributed by atoms with Gasteiger partial charge in [0.15, 0.2) is 0 Å². The van der Waals surface area contributed by atoms with Gasteiger partial charge in [-0.15, -0.1) is 0 Å². The van der Waals surface area contributed by atoms with Gasteiger partial charge in [-0.1, -0.05) is 0 Å². The third-order valence-electron chi connectivity index (χ3n) is 5.31. The van der Waals surface area contributed by atoms with E-state index in [9.17, 15) is 19.2 Å². The summed E-state index contributed by atoms with van der Waals surface area (Å²) in [4.78, 5) is 52.2.